The Labute approximate surface area is 123 Å². The van der Waals surface area contributed by atoms with Gasteiger partial charge in [-0.1, -0.05) is 0 Å². The molecule has 0 aliphatic carbocycles. The molecule has 6 heteroatoms. The van der Waals surface area contributed by atoms with Crippen LogP contribution in [0.3, 0.4) is 0 Å². The fourth-order valence-corrected chi connectivity index (χ4v) is 3.15. The number of sulfone groups is 1. The first kappa shape index (κ1) is 15.0. The molecule has 4 nitrogen and oxygen atoms in total. The summed E-state index contributed by atoms with van der Waals surface area (Å²) in [6.07, 6.45) is 2.96. The molecule has 0 amide bonds. The van der Waals surface area contributed by atoms with E-state index in [4.69, 9.17) is 5.73 Å². The molecule has 2 aromatic rings. The summed E-state index contributed by atoms with van der Waals surface area (Å²) in [7, 11) is -3.13. The van der Waals surface area contributed by atoms with Crippen molar-refractivity contribution in [3.8, 4) is 0 Å². The van der Waals surface area contributed by atoms with Crippen LogP contribution in [0.1, 0.15) is 11.3 Å². The lowest BCUT2D eigenvalue weighted by atomic mass is 10.2. The number of hydrogen-bond donors (Lipinski definition) is 1. The molecule has 20 heavy (non-hydrogen) atoms. The van der Waals surface area contributed by atoms with Crippen LogP contribution in [0.5, 0.6) is 0 Å². The van der Waals surface area contributed by atoms with Crippen molar-refractivity contribution in [2.75, 3.05) is 6.26 Å². The van der Waals surface area contributed by atoms with Gasteiger partial charge >= 0.3 is 0 Å². The van der Waals surface area contributed by atoms with Gasteiger partial charge in [-0.2, -0.15) is 0 Å². The van der Waals surface area contributed by atoms with E-state index < -0.39 is 9.84 Å². The van der Waals surface area contributed by atoms with Crippen LogP contribution < -0.4 is 5.73 Å². The van der Waals surface area contributed by atoms with Gasteiger partial charge in [-0.25, -0.2) is 8.42 Å². The van der Waals surface area contributed by atoms with E-state index in [2.05, 4.69) is 4.98 Å². The van der Waals surface area contributed by atoms with Crippen LogP contribution in [0.2, 0.25) is 0 Å². The second kappa shape index (κ2) is 6.39. The Hall–Kier alpha value is -1.37. The maximum Gasteiger partial charge on any atom is 0.175 e. The number of nitrogens with zero attached hydrogens (tertiary/aromatic N) is 1. The molecule has 0 fully saturated rings. The van der Waals surface area contributed by atoms with Crippen LogP contribution in [0, 0.1) is 0 Å². The average molecular weight is 308 g/mol. The summed E-state index contributed by atoms with van der Waals surface area (Å²) in [5, 5.41) is 0. The lowest BCUT2D eigenvalue weighted by Crippen LogP contribution is -1.99. The first-order valence-electron chi connectivity index (χ1n) is 6.06. The summed E-state index contributed by atoms with van der Waals surface area (Å²) in [4.78, 5) is 5.53. The van der Waals surface area contributed by atoms with Gasteiger partial charge in [-0.15, -0.1) is 11.8 Å². The van der Waals surface area contributed by atoms with E-state index in [-0.39, 0.29) is 0 Å². The van der Waals surface area contributed by atoms with Crippen molar-refractivity contribution in [3.05, 3.63) is 53.9 Å². The predicted octanol–water partition coefficient (Wildman–Crippen LogP) is 2.24. The maximum absolute atomic E-state index is 11.4. The third-order valence-corrected chi connectivity index (χ3v) is 4.96. The molecular weight excluding hydrogens is 292 g/mol. The summed E-state index contributed by atoms with van der Waals surface area (Å²) >= 11 is 1.65. The molecule has 0 saturated heterocycles. The van der Waals surface area contributed by atoms with E-state index in [9.17, 15) is 8.42 Å². The zero-order chi connectivity index (χ0) is 14.6. The van der Waals surface area contributed by atoms with Crippen molar-refractivity contribution < 1.29 is 8.42 Å². The predicted molar refractivity (Wildman–Crippen MR) is 81.2 cm³/mol. The summed E-state index contributed by atoms with van der Waals surface area (Å²) in [5.74, 6) is 0.799. The van der Waals surface area contributed by atoms with Crippen molar-refractivity contribution in [1.29, 1.82) is 0 Å². The number of nitrogens with two attached hydrogens (primary N) is 1. The highest BCUT2D eigenvalue weighted by Gasteiger charge is 2.06. The largest absolute Gasteiger partial charge is 0.325 e. The van der Waals surface area contributed by atoms with Gasteiger partial charge in [0, 0.05) is 29.6 Å². The number of thioether (sulfide) groups is 1. The van der Waals surface area contributed by atoms with E-state index in [1.165, 1.54) is 6.26 Å². The minimum absolute atomic E-state index is 0.344. The molecule has 1 heterocycles. The van der Waals surface area contributed by atoms with Gasteiger partial charge in [0.1, 0.15) is 0 Å². The van der Waals surface area contributed by atoms with Crippen LogP contribution in [-0.2, 0) is 22.1 Å². The zero-order valence-corrected chi connectivity index (χ0v) is 12.7. The number of hydrogen-bond acceptors (Lipinski definition) is 5. The van der Waals surface area contributed by atoms with Gasteiger partial charge in [0.05, 0.1) is 10.6 Å². The van der Waals surface area contributed by atoms with Gasteiger partial charge in [0.15, 0.2) is 9.84 Å². The molecule has 0 aliphatic heterocycles. The zero-order valence-electron chi connectivity index (χ0n) is 11.1. The minimum Gasteiger partial charge on any atom is -0.325 e. The smallest absolute Gasteiger partial charge is 0.175 e. The third-order valence-electron chi connectivity index (χ3n) is 2.75. The molecular formula is C14H16N2O2S2. The summed E-state index contributed by atoms with van der Waals surface area (Å²) in [6, 6.07) is 10.9. The standard InChI is InChI=1S/C14H16N2O2S2/c1-20(17,18)14-4-2-13(3-5-14)19-10-11-6-7-16-12(8-11)9-15/h2-8H,9-10,15H2,1H3. The normalized spacial score (nSPS) is 11.5. The highest BCUT2D eigenvalue weighted by molar-refractivity contribution is 7.98. The van der Waals surface area contributed by atoms with E-state index in [0.717, 1.165) is 21.9 Å². The third kappa shape index (κ3) is 4.06. The minimum atomic E-state index is -3.13. The molecule has 2 N–H and O–H groups in total. The second-order valence-electron chi connectivity index (χ2n) is 4.39. The van der Waals surface area contributed by atoms with Gasteiger partial charge in [-0.3, -0.25) is 4.98 Å². The molecule has 0 bridgehead atoms. The molecule has 1 aromatic carbocycles. The molecule has 0 saturated carbocycles. The molecule has 2 rings (SSSR count). The first-order valence-corrected chi connectivity index (χ1v) is 8.93. The average Bonchev–Trinajstić information content (AvgIpc) is 2.45. The first-order chi connectivity index (χ1) is 9.49. The van der Waals surface area contributed by atoms with Crippen molar-refractivity contribution in [2.45, 2.75) is 22.1 Å². The van der Waals surface area contributed by atoms with Gasteiger partial charge in [-0.05, 0) is 42.0 Å². The van der Waals surface area contributed by atoms with E-state index >= 15 is 0 Å². The number of benzene rings is 1. The molecule has 0 spiro atoms. The fourth-order valence-electron chi connectivity index (χ4n) is 1.68. The quantitative estimate of drug-likeness (QED) is 0.858. The van der Waals surface area contributed by atoms with Crippen LogP contribution >= 0.6 is 11.8 Å². The Morgan fingerprint density at radius 1 is 1.20 bits per heavy atom. The van der Waals surface area contributed by atoms with Crippen molar-refractivity contribution in [3.63, 3.8) is 0 Å². The van der Waals surface area contributed by atoms with E-state index in [0.29, 0.717) is 11.4 Å². The van der Waals surface area contributed by atoms with E-state index in [1.54, 1.807) is 30.1 Å². The summed E-state index contributed by atoms with van der Waals surface area (Å²) in [6.45, 7) is 0.432. The summed E-state index contributed by atoms with van der Waals surface area (Å²) in [5.41, 5.74) is 7.58. The molecule has 106 valence electrons. The highest BCUT2D eigenvalue weighted by atomic mass is 32.2. The van der Waals surface area contributed by atoms with Gasteiger partial charge in [0.2, 0.25) is 0 Å². The number of rotatable bonds is 5. The number of pyridine rings is 1. The van der Waals surface area contributed by atoms with E-state index in [1.807, 2.05) is 24.3 Å². The SMILES string of the molecule is CS(=O)(=O)c1ccc(SCc2ccnc(CN)c2)cc1. The van der Waals surface area contributed by atoms with Crippen LogP contribution in [0.25, 0.3) is 0 Å². The second-order valence-corrected chi connectivity index (χ2v) is 7.46. The highest BCUT2D eigenvalue weighted by Crippen LogP contribution is 2.24. The van der Waals surface area contributed by atoms with Crippen LogP contribution in [0.15, 0.2) is 52.4 Å². The molecule has 0 unspecified atom stereocenters. The Kier molecular flexibility index (Phi) is 4.80. The van der Waals surface area contributed by atoms with Crippen molar-refractivity contribution in [2.24, 2.45) is 5.73 Å². The number of aromatic nitrogens is 1. The lowest BCUT2D eigenvalue weighted by Gasteiger charge is -2.04. The summed E-state index contributed by atoms with van der Waals surface area (Å²) < 4.78 is 22.7. The molecule has 0 aliphatic rings. The lowest BCUT2D eigenvalue weighted by molar-refractivity contribution is 0.602. The van der Waals surface area contributed by atoms with Crippen LogP contribution in [0.4, 0.5) is 0 Å². The van der Waals surface area contributed by atoms with Gasteiger partial charge in [0.25, 0.3) is 0 Å². The Balaban J connectivity index is 2.04. The molecule has 1 aromatic heterocycles. The van der Waals surface area contributed by atoms with Crippen LogP contribution in [-0.4, -0.2) is 19.7 Å². The van der Waals surface area contributed by atoms with Gasteiger partial charge < -0.3 is 5.73 Å². The Morgan fingerprint density at radius 3 is 2.50 bits per heavy atom. The monoisotopic (exact) mass is 308 g/mol. The Morgan fingerprint density at radius 2 is 1.90 bits per heavy atom. The topological polar surface area (TPSA) is 73.0 Å². The van der Waals surface area contributed by atoms with Crippen molar-refractivity contribution >= 4 is 21.6 Å². The van der Waals surface area contributed by atoms with Crippen molar-refractivity contribution in [1.82, 2.24) is 4.98 Å². The Bertz CT molecular complexity index is 683. The fraction of sp³-hybridized carbons (Fsp3) is 0.214. The molecule has 0 radical (unpaired) electrons. The molecule has 0 atom stereocenters. The maximum atomic E-state index is 11.4.